The molecule has 0 aliphatic rings. The van der Waals surface area contributed by atoms with Gasteiger partial charge in [0.05, 0.1) is 16.9 Å². The van der Waals surface area contributed by atoms with Crippen molar-refractivity contribution in [2.24, 2.45) is 0 Å². The van der Waals surface area contributed by atoms with Crippen molar-refractivity contribution in [2.75, 3.05) is 10.6 Å². The number of rotatable bonds is 2. The highest BCUT2D eigenvalue weighted by Crippen LogP contribution is 2.21. The molecule has 0 spiro atoms. The molecule has 0 atom stereocenters. The fourth-order valence-electron chi connectivity index (χ4n) is 2.04. The van der Waals surface area contributed by atoms with Gasteiger partial charge in [-0.3, -0.25) is 14.6 Å². The van der Waals surface area contributed by atoms with Crippen LogP contribution in [0.15, 0.2) is 54.9 Å². The number of benzene rings is 1. The largest absolute Gasteiger partial charge is 0.316 e. The zero-order valence-corrected chi connectivity index (χ0v) is 12.5. The van der Waals surface area contributed by atoms with Crippen LogP contribution in [-0.2, 0) is 9.59 Å². The Labute approximate surface area is 136 Å². The first kappa shape index (κ1) is 14.9. The molecule has 0 unspecified atom stereocenters. The summed E-state index contributed by atoms with van der Waals surface area (Å²) in [4.78, 5) is 32.1. The number of amides is 2. The van der Waals surface area contributed by atoms with Gasteiger partial charge in [-0.15, -0.1) is 0 Å². The molecule has 3 rings (SSSR count). The third-order valence-corrected chi connectivity index (χ3v) is 3.40. The Morgan fingerprint density at radius 1 is 0.826 bits per heavy atom. The minimum Gasteiger partial charge on any atom is -0.316 e. The number of carbonyl (C=O) groups excluding carboxylic acids is 2. The lowest BCUT2D eigenvalue weighted by atomic mass is 10.2. The Kier molecular flexibility index (Phi) is 4.16. The molecule has 1 aromatic carbocycles. The average molecular weight is 327 g/mol. The summed E-state index contributed by atoms with van der Waals surface area (Å²) in [6, 6.07) is 12.1. The molecule has 2 amide bonds. The van der Waals surface area contributed by atoms with Crippen molar-refractivity contribution in [3.05, 3.63) is 60.0 Å². The molecule has 114 valence electrons. The van der Waals surface area contributed by atoms with Gasteiger partial charge in [-0.2, -0.15) is 0 Å². The number of hydrogen-bond acceptors (Lipinski definition) is 4. The van der Waals surface area contributed by atoms with Crippen LogP contribution in [0.4, 0.5) is 11.4 Å². The predicted molar refractivity (Wildman–Crippen MR) is 88.2 cm³/mol. The van der Waals surface area contributed by atoms with Crippen molar-refractivity contribution in [3.8, 4) is 0 Å². The van der Waals surface area contributed by atoms with Crippen LogP contribution in [0.5, 0.6) is 0 Å². The third kappa shape index (κ3) is 3.27. The molecule has 0 radical (unpaired) electrons. The van der Waals surface area contributed by atoms with E-state index in [1.165, 1.54) is 6.20 Å². The lowest BCUT2D eigenvalue weighted by molar-refractivity contribution is -0.132. The fraction of sp³-hybridized carbons (Fsp3) is 0. The number of anilines is 2. The summed E-state index contributed by atoms with van der Waals surface area (Å²) in [6.07, 6.45) is 3.10. The molecule has 6 nitrogen and oxygen atoms in total. The van der Waals surface area contributed by atoms with E-state index < -0.39 is 11.8 Å². The molecular formula is C16H11ClN4O2. The molecule has 0 fully saturated rings. The molecule has 0 bridgehead atoms. The van der Waals surface area contributed by atoms with Gasteiger partial charge in [0.25, 0.3) is 0 Å². The summed E-state index contributed by atoms with van der Waals surface area (Å²) in [5.74, 6) is -1.66. The maximum atomic E-state index is 12.1. The number of para-hydroxylation sites is 1. The summed E-state index contributed by atoms with van der Waals surface area (Å²) in [6.45, 7) is 0. The van der Waals surface area contributed by atoms with Gasteiger partial charge in [-0.05, 0) is 24.3 Å². The Morgan fingerprint density at radius 3 is 2.22 bits per heavy atom. The Bertz CT molecular complexity index is 893. The van der Waals surface area contributed by atoms with E-state index in [-0.39, 0.29) is 10.8 Å². The van der Waals surface area contributed by atoms with Gasteiger partial charge in [0.1, 0.15) is 0 Å². The van der Waals surface area contributed by atoms with Gasteiger partial charge in [0, 0.05) is 17.8 Å². The van der Waals surface area contributed by atoms with Gasteiger partial charge >= 0.3 is 11.8 Å². The van der Waals surface area contributed by atoms with E-state index in [0.29, 0.717) is 11.2 Å². The third-order valence-electron chi connectivity index (χ3n) is 3.09. The van der Waals surface area contributed by atoms with Gasteiger partial charge in [-0.1, -0.05) is 29.8 Å². The summed E-state index contributed by atoms with van der Waals surface area (Å²) in [7, 11) is 0. The first-order valence-electron chi connectivity index (χ1n) is 6.72. The van der Waals surface area contributed by atoms with E-state index >= 15 is 0 Å². The minimum atomic E-state index is -0.840. The molecule has 0 aliphatic heterocycles. The van der Waals surface area contributed by atoms with Crippen LogP contribution in [0, 0.1) is 0 Å². The normalized spacial score (nSPS) is 10.3. The molecule has 7 heteroatoms. The number of aromatic nitrogens is 2. The zero-order valence-electron chi connectivity index (χ0n) is 11.8. The minimum absolute atomic E-state index is 0.112. The predicted octanol–water partition coefficient (Wildman–Crippen LogP) is 2.86. The Morgan fingerprint density at radius 2 is 1.43 bits per heavy atom. The van der Waals surface area contributed by atoms with Crippen molar-refractivity contribution in [1.29, 1.82) is 0 Å². The lowest BCUT2D eigenvalue weighted by Gasteiger charge is -2.09. The van der Waals surface area contributed by atoms with Crippen molar-refractivity contribution < 1.29 is 9.59 Å². The maximum absolute atomic E-state index is 12.1. The fourth-order valence-corrected chi connectivity index (χ4v) is 2.21. The van der Waals surface area contributed by atoms with Gasteiger partial charge in [-0.25, -0.2) is 4.98 Å². The summed E-state index contributed by atoms with van der Waals surface area (Å²) in [5, 5.41) is 5.93. The lowest BCUT2D eigenvalue weighted by Crippen LogP contribution is -2.29. The van der Waals surface area contributed by atoms with E-state index in [1.54, 1.807) is 36.5 Å². The first-order chi connectivity index (χ1) is 11.1. The smallest absolute Gasteiger partial charge is 0.314 e. The maximum Gasteiger partial charge on any atom is 0.314 e. The second-order valence-corrected chi connectivity index (χ2v) is 4.99. The number of pyridine rings is 2. The molecule has 0 saturated carbocycles. The SMILES string of the molecule is O=C(Nc1cccnc1Cl)C(=O)Nc1cccc2cccnc12. The highest BCUT2D eigenvalue weighted by Gasteiger charge is 2.16. The quantitative estimate of drug-likeness (QED) is 0.560. The van der Waals surface area contributed by atoms with Crippen LogP contribution < -0.4 is 10.6 Å². The zero-order chi connectivity index (χ0) is 16.2. The highest BCUT2D eigenvalue weighted by molar-refractivity contribution is 6.45. The molecule has 0 aliphatic carbocycles. The summed E-state index contributed by atoms with van der Waals surface area (Å²) < 4.78 is 0. The Hall–Kier alpha value is -2.99. The molecule has 0 saturated heterocycles. The van der Waals surface area contributed by atoms with E-state index in [4.69, 9.17) is 11.6 Å². The van der Waals surface area contributed by atoms with Gasteiger partial charge in [0.15, 0.2) is 5.15 Å². The molecule has 2 heterocycles. The number of hydrogen-bond donors (Lipinski definition) is 2. The molecule has 2 N–H and O–H groups in total. The number of nitrogens with zero attached hydrogens (tertiary/aromatic N) is 2. The Balaban J connectivity index is 1.78. The van der Waals surface area contributed by atoms with Crippen LogP contribution in [0.3, 0.4) is 0 Å². The summed E-state index contributed by atoms with van der Waals surface area (Å²) in [5.41, 5.74) is 1.33. The van der Waals surface area contributed by atoms with Crippen LogP contribution in [0.25, 0.3) is 10.9 Å². The first-order valence-corrected chi connectivity index (χ1v) is 7.09. The van der Waals surface area contributed by atoms with E-state index in [1.807, 2.05) is 12.1 Å². The van der Waals surface area contributed by atoms with Crippen molar-refractivity contribution in [3.63, 3.8) is 0 Å². The topological polar surface area (TPSA) is 84.0 Å². The number of halogens is 1. The van der Waals surface area contributed by atoms with Crippen LogP contribution in [0.1, 0.15) is 0 Å². The monoisotopic (exact) mass is 326 g/mol. The standard InChI is InChI=1S/C16H11ClN4O2/c17-14-12(7-3-9-19-14)21-16(23)15(22)20-11-6-1-4-10-5-2-8-18-13(10)11/h1-9H,(H,20,22)(H,21,23). The molecule has 2 aromatic heterocycles. The van der Waals surface area contributed by atoms with Crippen LogP contribution >= 0.6 is 11.6 Å². The van der Waals surface area contributed by atoms with Crippen molar-refractivity contribution in [2.45, 2.75) is 0 Å². The number of carbonyl (C=O) groups is 2. The molecule has 23 heavy (non-hydrogen) atoms. The van der Waals surface area contributed by atoms with Gasteiger partial charge < -0.3 is 10.6 Å². The number of fused-ring (bicyclic) bond motifs is 1. The van der Waals surface area contributed by atoms with Crippen molar-refractivity contribution >= 4 is 45.7 Å². The second kappa shape index (κ2) is 6.41. The number of nitrogens with one attached hydrogen (secondary N) is 2. The molecule has 3 aromatic rings. The van der Waals surface area contributed by atoms with E-state index in [9.17, 15) is 9.59 Å². The summed E-state index contributed by atoms with van der Waals surface area (Å²) >= 11 is 5.84. The van der Waals surface area contributed by atoms with Crippen molar-refractivity contribution in [1.82, 2.24) is 9.97 Å². The van der Waals surface area contributed by atoms with Gasteiger partial charge in [0.2, 0.25) is 0 Å². The van der Waals surface area contributed by atoms with E-state index in [2.05, 4.69) is 20.6 Å². The highest BCUT2D eigenvalue weighted by atomic mass is 35.5. The van der Waals surface area contributed by atoms with Crippen LogP contribution in [0.2, 0.25) is 5.15 Å². The molecular weight excluding hydrogens is 316 g/mol. The average Bonchev–Trinajstić information content (AvgIpc) is 2.57. The second-order valence-electron chi connectivity index (χ2n) is 4.63. The van der Waals surface area contributed by atoms with E-state index in [0.717, 1.165) is 5.39 Å². The van der Waals surface area contributed by atoms with Crippen LogP contribution in [-0.4, -0.2) is 21.8 Å².